The standard InChI is InChI=1S/C34H35N3O7/c1-34(2,3)44-32(39)35-26-11-7-10-24(18-26)21-41-28-14-12-25(13-15-28)29(30-16-17-43-36-30)20-31(38)37-27(22-42-33(37)40)19-23-8-5-4-6-9-23/h4-18,27,29H,19-22H2,1-3H3,(H,35,39). The van der Waals surface area contributed by atoms with Gasteiger partial charge in [0.25, 0.3) is 0 Å². The molecule has 1 saturated heterocycles. The van der Waals surface area contributed by atoms with Gasteiger partial charge in [0.05, 0.1) is 11.7 Å². The average Bonchev–Trinajstić information content (AvgIpc) is 3.65. The minimum absolute atomic E-state index is 0.00453. The van der Waals surface area contributed by atoms with Crippen molar-refractivity contribution < 1.29 is 33.1 Å². The van der Waals surface area contributed by atoms with Crippen LogP contribution >= 0.6 is 0 Å². The fourth-order valence-corrected chi connectivity index (χ4v) is 4.99. The molecule has 2 heterocycles. The molecule has 2 atom stereocenters. The van der Waals surface area contributed by atoms with E-state index in [1.54, 1.807) is 32.9 Å². The highest BCUT2D eigenvalue weighted by molar-refractivity contribution is 5.94. The Morgan fingerprint density at radius 1 is 1.00 bits per heavy atom. The lowest BCUT2D eigenvalue weighted by molar-refractivity contribution is -0.129. The Morgan fingerprint density at radius 3 is 2.45 bits per heavy atom. The number of aromatic nitrogens is 1. The molecule has 10 heteroatoms. The summed E-state index contributed by atoms with van der Waals surface area (Å²) in [6.45, 7) is 5.84. The quantitative estimate of drug-likeness (QED) is 0.214. The number of cyclic esters (lactones) is 1. The number of anilines is 1. The molecule has 0 aliphatic carbocycles. The maximum absolute atomic E-state index is 13.5. The molecule has 0 bridgehead atoms. The van der Waals surface area contributed by atoms with Crippen molar-refractivity contribution >= 4 is 23.8 Å². The van der Waals surface area contributed by atoms with Gasteiger partial charge in [-0.15, -0.1) is 0 Å². The van der Waals surface area contributed by atoms with Crippen molar-refractivity contribution in [2.24, 2.45) is 0 Å². The van der Waals surface area contributed by atoms with E-state index < -0.39 is 23.7 Å². The fraction of sp³-hybridized carbons (Fsp3) is 0.294. The Hall–Kier alpha value is -5.12. The van der Waals surface area contributed by atoms with E-state index in [1.807, 2.05) is 72.8 Å². The Morgan fingerprint density at radius 2 is 1.75 bits per heavy atom. The lowest BCUT2D eigenvalue weighted by Gasteiger charge is -2.22. The van der Waals surface area contributed by atoms with E-state index in [-0.39, 0.29) is 31.6 Å². The summed E-state index contributed by atoms with van der Waals surface area (Å²) in [7, 11) is 0. The number of hydrogen-bond acceptors (Lipinski definition) is 8. The van der Waals surface area contributed by atoms with Crippen LogP contribution in [0.2, 0.25) is 0 Å². The minimum atomic E-state index is -0.635. The Balaban J connectivity index is 1.24. The van der Waals surface area contributed by atoms with Gasteiger partial charge in [-0.1, -0.05) is 59.8 Å². The topological polar surface area (TPSA) is 120 Å². The zero-order chi connectivity index (χ0) is 31.1. The van der Waals surface area contributed by atoms with Crippen LogP contribution in [0.5, 0.6) is 5.75 Å². The molecule has 5 rings (SSSR count). The van der Waals surface area contributed by atoms with Crippen LogP contribution < -0.4 is 10.1 Å². The van der Waals surface area contributed by atoms with E-state index in [4.69, 9.17) is 18.7 Å². The molecule has 1 fully saturated rings. The summed E-state index contributed by atoms with van der Waals surface area (Å²) in [5, 5.41) is 6.83. The molecule has 0 radical (unpaired) electrons. The third kappa shape index (κ3) is 8.03. The molecular weight excluding hydrogens is 562 g/mol. The summed E-state index contributed by atoms with van der Waals surface area (Å²) in [5.74, 6) is -0.172. The number of nitrogens with one attached hydrogen (secondary N) is 1. The highest BCUT2D eigenvalue weighted by Crippen LogP contribution is 2.31. The normalized spacial score (nSPS) is 15.4. The van der Waals surface area contributed by atoms with E-state index in [0.29, 0.717) is 23.6 Å². The summed E-state index contributed by atoms with van der Waals surface area (Å²) < 4.78 is 21.7. The van der Waals surface area contributed by atoms with Crippen molar-refractivity contribution in [3.8, 4) is 5.75 Å². The Bertz CT molecular complexity index is 1560. The Kier molecular flexibility index (Phi) is 9.28. The second-order valence-electron chi connectivity index (χ2n) is 11.6. The van der Waals surface area contributed by atoms with Crippen LogP contribution in [0.15, 0.2) is 95.7 Å². The molecule has 44 heavy (non-hydrogen) atoms. The molecule has 4 aromatic rings. The van der Waals surface area contributed by atoms with Crippen LogP contribution in [0.25, 0.3) is 0 Å². The van der Waals surface area contributed by atoms with Gasteiger partial charge in [-0.25, -0.2) is 14.5 Å². The number of carbonyl (C=O) groups excluding carboxylic acids is 3. The molecule has 10 nitrogen and oxygen atoms in total. The second-order valence-corrected chi connectivity index (χ2v) is 11.6. The average molecular weight is 598 g/mol. The summed E-state index contributed by atoms with van der Waals surface area (Å²) in [4.78, 5) is 39.5. The lowest BCUT2D eigenvalue weighted by Crippen LogP contribution is -2.40. The van der Waals surface area contributed by atoms with Crippen molar-refractivity contribution in [1.29, 1.82) is 0 Å². The van der Waals surface area contributed by atoms with Gasteiger partial charge in [0.15, 0.2) is 0 Å². The van der Waals surface area contributed by atoms with Crippen molar-refractivity contribution in [2.45, 2.75) is 57.8 Å². The summed E-state index contributed by atoms with van der Waals surface area (Å²) >= 11 is 0. The zero-order valence-corrected chi connectivity index (χ0v) is 24.9. The number of ether oxygens (including phenoxy) is 3. The molecule has 3 amide bonds. The van der Waals surface area contributed by atoms with E-state index >= 15 is 0 Å². The first-order valence-electron chi connectivity index (χ1n) is 14.4. The third-order valence-corrected chi connectivity index (χ3v) is 7.00. The van der Waals surface area contributed by atoms with E-state index in [9.17, 15) is 14.4 Å². The van der Waals surface area contributed by atoms with Gasteiger partial charge in [0, 0.05) is 24.1 Å². The van der Waals surface area contributed by atoms with Crippen LogP contribution in [-0.2, 0) is 27.3 Å². The van der Waals surface area contributed by atoms with E-state index in [2.05, 4.69) is 10.5 Å². The third-order valence-electron chi connectivity index (χ3n) is 7.00. The van der Waals surface area contributed by atoms with Gasteiger partial charge in [-0.3, -0.25) is 10.1 Å². The molecule has 1 aliphatic rings. The van der Waals surface area contributed by atoms with Gasteiger partial charge in [0.1, 0.15) is 30.8 Å². The van der Waals surface area contributed by atoms with Crippen molar-refractivity contribution in [3.63, 3.8) is 0 Å². The molecule has 1 aromatic heterocycles. The highest BCUT2D eigenvalue weighted by Gasteiger charge is 2.39. The number of amides is 3. The molecule has 3 aromatic carbocycles. The van der Waals surface area contributed by atoms with Crippen molar-refractivity contribution in [2.75, 3.05) is 11.9 Å². The SMILES string of the molecule is CC(C)(C)OC(=O)Nc1cccc(COc2ccc(C(CC(=O)N3C(=O)OCC3Cc3ccccc3)c3ccon3)cc2)c1. The molecule has 1 N–H and O–H groups in total. The van der Waals surface area contributed by atoms with Crippen LogP contribution in [0.4, 0.5) is 15.3 Å². The summed E-state index contributed by atoms with van der Waals surface area (Å²) in [6.07, 6.45) is 0.811. The summed E-state index contributed by atoms with van der Waals surface area (Å²) in [5.41, 5.74) is 3.27. The first-order chi connectivity index (χ1) is 21.1. The number of benzene rings is 3. The first-order valence-corrected chi connectivity index (χ1v) is 14.4. The van der Waals surface area contributed by atoms with E-state index in [0.717, 1.165) is 16.7 Å². The summed E-state index contributed by atoms with van der Waals surface area (Å²) in [6, 6.07) is 25.7. The number of carbonyl (C=O) groups is 3. The van der Waals surface area contributed by atoms with Crippen LogP contribution in [0, 0.1) is 0 Å². The number of nitrogens with zero attached hydrogens (tertiary/aromatic N) is 2. The molecular formula is C34H35N3O7. The predicted molar refractivity (Wildman–Crippen MR) is 162 cm³/mol. The van der Waals surface area contributed by atoms with Gasteiger partial charge < -0.3 is 18.7 Å². The van der Waals surface area contributed by atoms with Crippen molar-refractivity contribution in [3.05, 3.63) is 114 Å². The van der Waals surface area contributed by atoms with Crippen LogP contribution in [-0.4, -0.2) is 46.4 Å². The minimum Gasteiger partial charge on any atom is -0.489 e. The number of rotatable bonds is 10. The molecule has 228 valence electrons. The van der Waals surface area contributed by atoms with Crippen molar-refractivity contribution in [1.82, 2.24) is 10.1 Å². The second kappa shape index (κ2) is 13.5. The number of imide groups is 1. The largest absolute Gasteiger partial charge is 0.489 e. The van der Waals surface area contributed by atoms with Crippen LogP contribution in [0.1, 0.15) is 55.5 Å². The van der Waals surface area contributed by atoms with Gasteiger partial charge in [-0.2, -0.15) is 0 Å². The van der Waals surface area contributed by atoms with E-state index in [1.165, 1.54) is 11.2 Å². The number of hydrogen-bond donors (Lipinski definition) is 1. The lowest BCUT2D eigenvalue weighted by atomic mass is 9.91. The van der Waals surface area contributed by atoms with Gasteiger partial charge >= 0.3 is 12.2 Å². The first kappa shape index (κ1) is 30.3. The van der Waals surface area contributed by atoms with Gasteiger partial charge in [0.2, 0.25) is 5.91 Å². The fourth-order valence-electron chi connectivity index (χ4n) is 4.99. The maximum atomic E-state index is 13.5. The molecule has 0 spiro atoms. The highest BCUT2D eigenvalue weighted by atomic mass is 16.6. The Labute approximate surface area is 255 Å². The monoisotopic (exact) mass is 597 g/mol. The molecule has 1 aliphatic heterocycles. The van der Waals surface area contributed by atoms with Gasteiger partial charge in [-0.05, 0) is 68.1 Å². The predicted octanol–water partition coefficient (Wildman–Crippen LogP) is 6.71. The maximum Gasteiger partial charge on any atom is 0.416 e. The molecule has 0 saturated carbocycles. The zero-order valence-electron chi connectivity index (χ0n) is 24.9. The molecule has 2 unspecified atom stereocenters. The smallest absolute Gasteiger partial charge is 0.416 e. The van der Waals surface area contributed by atoms with Crippen LogP contribution in [0.3, 0.4) is 0 Å².